The van der Waals surface area contributed by atoms with Crippen molar-refractivity contribution >= 4 is 21.5 Å². The van der Waals surface area contributed by atoms with Gasteiger partial charge in [0, 0.05) is 0 Å². The van der Waals surface area contributed by atoms with E-state index in [0.717, 1.165) is 6.42 Å². The van der Waals surface area contributed by atoms with E-state index in [1.807, 2.05) is 0 Å². The van der Waals surface area contributed by atoms with E-state index in [9.17, 15) is 0 Å². The molecule has 0 saturated carbocycles. The molecule has 0 aliphatic rings. The molecule has 0 N–H and O–H groups in total. The molecule has 0 saturated heterocycles. The lowest BCUT2D eigenvalue weighted by Crippen LogP contribution is -2.10. The van der Waals surface area contributed by atoms with Crippen LogP contribution in [0.3, 0.4) is 0 Å². The van der Waals surface area contributed by atoms with Gasteiger partial charge >= 0.3 is 0 Å². The van der Waals surface area contributed by atoms with Crippen molar-refractivity contribution < 1.29 is 0 Å². The van der Waals surface area contributed by atoms with Gasteiger partial charge in [-0.1, -0.05) is 64.1 Å². The zero-order valence-corrected chi connectivity index (χ0v) is 12.8. The third kappa shape index (κ3) is 2.31. The second-order valence-electron chi connectivity index (χ2n) is 6.70. The minimum Gasteiger partial charge on any atom is -0.0613 e. The summed E-state index contributed by atoms with van der Waals surface area (Å²) in [5.41, 5.74) is 3.01. The van der Waals surface area contributed by atoms with Gasteiger partial charge in [0.25, 0.3) is 0 Å². The van der Waals surface area contributed by atoms with Crippen molar-refractivity contribution in [2.75, 3.05) is 0 Å². The van der Waals surface area contributed by atoms with Gasteiger partial charge in [0.2, 0.25) is 0 Å². The highest BCUT2D eigenvalue weighted by atomic mass is 14.2. The zero-order valence-electron chi connectivity index (χ0n) is 12.8. The third-order valence-corrected chi connectivity index (χ3v) is 4.13. The Labute approximate surface area is 121 Å². The predicted molar refractivity (Wildman–Crippen MR) is 89.5 cm³/mol. The molecule has 3 aromatic rings. The Kier molecular flexibility index (Phi) is 3.05. The molecule has 0 radical (unpaired) electrons. The van der Waals surface area contributed by atoms with Crippen molar-refractivity contribution in [2.45, 2.75) is 39.5 Å². The molecule has 0 aromatic heterocycles. The Balaban J connectivity index is 2.24. The van der Waals surface area contributed by atoms with E-state index in [1.165, 1.54) is 32.7 Å². The maximum atomic E-state index is 2.34. The van der Waals surface area contributed by atoms with E-state index >= 15 is 0 Å². The lowest BCUT2D eigenvalue weighted by atomic mass is 9.85. The van der Waals surface area contributed by atoms with Crippen molar-refractivity contribution in [1.29, 1.82) is 0 Å². The van der Waals surface area contributed by atoms with E-state index in [-0.39, 0.29) is 5.41 Å². The molecule has 0 bridgehead atoms. The van der Waals surface area contributed by atoms with Crippen LogP contribution >= 0.6 is 0 Å². The lowest BCUT2D eigenvalue weighted by Gasteiger charge is -2.19. The molecule has 102 valence electrons. The first-order chi connectivity index (χ1) is 9.47. The van der Waals surface area contributed by atoms with Gasteiger partial charge in [-0.15, -0.1) is 0 Å². The topological polar surface area (TPSA) is 0 Å². The van der Waals surface area contributed by atoms with Gasteiger partial charge in [0.05, 0.1) is 0 Å². The number of aryl methyl sites for hydroxylation is 1. The normalized spacial score (nSPS) is 12.2. The monoisotopic (exact) mass is 262 g/mol. The Bertz CT molecular complexity index is 773. The average Bonchev–Trinajstić information content (AvgIpc) is 2.42. The molecule has 0 heteroatoms. The molecule has 20 heavy (non-hydrogen) atoms. The molecule has 0 aliphatic heterocycles. The molecule has 0 unspecified atom stereocenters. The van der Waals surface area contributed by atoms with Crippen LogP contribution in [0.1, 0.15) is 38.8 Å². The highest BCUT2D eigenvalue weighted by molar-refractivity contribution is 5.98. The van der Waals surface area contributed by atoms with Crippen LogP contribution in [0.5, 0.6) is 0 Å². The van der Waals surface area contributed by atoms with Crippen LogP contribution < -0.4 is 0 Å². The van der Waals surface area contributed by atoms with Crippen molar-refractivity contribution in [1.82, 2.24) is 0 Å². The minimum absolute atomic E-state index is 0.204. The smallest absolute Gasteiger partial charge is 0.0132 e. The third-order valence-electron chi connectivity index (χ3n) is 4.13. The quantitative estimate of drug-likeness (QED) is 0.482. The van der Waals surface area contributed by atoms with Gasteiger partial charge in [-0.05, 0) is 56.6 Å². The first-order valence-corrected chi connectivity index (χ1v) is 7.44. The average molecular weight is 262 g/mol. The van der Waals surface area contributed by atoms with Crippen molar-refractivity contribution in [3.63, 3.8) is 0 Å². The van der Waals surface area contributed by atoms with E-state index in [1.54, 1.807) is 0 Å². The number of hydrogen-bond acceptors (Lipinski definition) is 0. The van der Waals surface area contributed by atoms with Crippen LogP contribution in [0.25, 0.3) is 21.5 Å². The summed E-state index contributed by atoms with van der Waals surface area (Å²) < 4.78 is 0. The summed E-state index contributed by atoms with van der Waals surface area (Å²) in [7, 11) is 0. The molecule has 0 heterocycles. The van der Waals surface area contributed by atoms with Crippen LogP contribution in [0.4, 0.5) is 0 Å². The fraction of sp³-hybridized carbons (Fsp3) is 0.300. The van der Waals surface area contributed by atoms with E-state index in [0.29, 0.717) is 0 Å². The number of benzene rings is 3. The molecule has 3 rings (SSSR count). The van der Waals surface area contributed by atoms with Crippen LogP contribution in [-0.2, 0) is 11.8 Å². The maximum absolute atomic E-state index is 2.34. The summed E-state index contributed by atoms with van der Waals surface area (Å²) >= 11 is 0. The summed E-state index contributed by atoms with van der Waals surface area (Å²) in [5.74, 6) is 0. The number of hydrogen-bond donors (Lipinski definition) is 0. The van der Waals surface area contributed by atoms with Crippen molar-refractivity contribution in [3.8, 4) is 0 Å². The highest BCUT2D eigenvalue weighted by Gasteiger charge is 2.13. The second-order valence-corrected chi connectivity index (χ2v) is 6.70. The van der Waals surface area contributed by atoms with Gasteiger partial charge in [0.1, 0.15) is 0 Å². The SMILES string of the molecule is CCc1ccc2cc3cc(C(C)(C)C)ccc3cc2c1. The first kappa shape index (κ1) is 13.2. The Morgan fingerprint density at radius 1 is 0.700 bits per heavy atom. The minimum atomic E-state index is 0.204. The summed E-state index contributed by atoms with van der Waals surface area (Å²) in [6.45, 7) is 9.01. The van der Waals surface area contributed by atoms with Crippen LogP contribution in [-0.4, -0.2) is 0 Å². The van der Waals surface area contributed by atoms with E-state index < -0.39 is 0 Å². The summed E-state index contributed by atoms with van der Waals surface area (Å²) in [5, 5.41) is 5.36. The van der Waals surface area contributed by atoms with Crippen LogP contribution in [0.15, 0.2) is 48.5 Å². The van der Waals surface area contributed by atoms with Crippen molar-refractivity contribution in [2.24, 2.45) is 0 Å². The standard InChI is InChI=1S/C20H22/c1-5-14-6-7-15-12-18-13-19(20(2,3)4)9-8-16(18)11-17(15)10-14/h6-13H,5H2,1-4H3. The summed E-state index contributed by atoms with van der Waals surface area (Å²) in [6.07, 6.45) is 1.09. The largest absolute Gasteiger partial charge is 0.0613 e. The molecular formula is C20H22. The van der Waals surface area contributed by atoms with Crippen LogP contribution in [0.2, 0.25) is 0 Å². The van der Waals surface area contributed by atoms with Gasteiger partial charge in [0.15, 0.2) is 0 Å². The van der Waals surface area contributed by atoms with Gasteiger partial charge in [-0.25, -0.2) is 0 Å². The van der Waals surface area contributed by atoms with E-state index in [4.69, 9.17) is 0 Å². The summed E-state index contributed by atoms with van der Waals surface area (Å²) in [4.78, 5) is 0. The van der Waals surface area contributed by atoms with Gasteiger partial charge in [-0.3, -0.25) is 0 Å². The fourth-order valence-corrected chi connectivity index (χ4v) is 2.73. The molecular weight excluding hydrogens is 240 g/mol. The van der Waals surface area contributed by atoms with E-state index in [2.05, 4.69) is 76.2 Å². The molecule has 3 aromatic carbocycles. The number of fused-ring (bicyclic) bond motifs is 2. The van der Waals surface area contributed by atoms with Gasteiger partial charge in [-0.2, -0.15) is 0 Å². The fourth-order valence-electron chi connectivity index (χ4n) is 2.73. The van der Waals surface area contributed by atoms with Crippen molar-refractivity contribution in [3.05, 3.63) is 59.7 Å². The maximum Gasteiger partial charge on any atom is -0.0132 e. The molecule has 0 aliphatic carbocycles. The Hall–Kier alpha value is -1.82. The summed E-state index contributed by atoms with van der Waals surface area (Å²) in [6, 6.07) is 18.3. The molecule has 0 nitrogen and oxygen atoms in total. The number of rotatable bonds is 1. The molecule has 0 fully saturated rings. The molecule has 0 amide bonds. The highest BCUT2D eigenvalue weighted by Crippen LogP contribution is 2.29. The molecule has 0 spiro atoms. The second kappa shape index (κ2) is 4.63. The Morgan fingerprint density at radius 3 is 1.90 bits per heavy atom. The van der Waals surface area contributed by atoms with Crippen LogP contribution in [0, 0.1) is 0 Å². The lowest BCUT2D eigenvalue weighted by molar-refractivity contribution is 0.591. The van der Waals surface area contributed by atoms with Gasteiger partial charge < -0.3 is 0 Å². The predicted octanol–water partition coefficient (Wildman–Crippen LogP) is 5.85. The first-order valence-electron chi connectivity index (χ1n) is 7.44. The zero-order chi connectivity index (χ0) is 14.3. The molecule has 0 atom stereocenters. The Morgan fingerprint density at radius 2 is 1.30 bits per heavy atom.